The van der Waals surface area contributed by atoms with E-state index < -0.39 is 0 Å². The highest BCUT2D eigenvalue weighted by molar-refractivity contribution is 5.85. The molecule has 2 rings (SSSR count). The van der Waals surface area contributed by atoms with Crippen molar-refractivity contribution >= 4 is 18.4 Å². The molecule has 0 aromatic carbocycles. The third-order valence-corrected chi connectivity index (χ3v) is 3.99. The number of nitrogens with zero attached hydrogens (tertiary/aromatic N) is 1. The molecule has 0 aromatic heterocycles. The SMILES string of the molecule is CNC(=O)N1CCC2(CCNCC2)CC1.Cl. The second-order valence-electron chi connectivity index (χ2n) is 4.79. The first-order chi connectivity index (χ1) is 7.26. The summed E-state index contributed by atoms with van der Waals surface area (Å²) < 4.78 is 0. The van der Waals surface area contributed by atoms with Gasteiger partial charge >= 0.3 is 6.03 Å². The fourth-order valence-corrected chi connectivity index (χ4v) is 2.80. The van der Waals surface area contributed by atoms with Crippen molar-refractivity contribution in [2.45, 2.75) is 25.7 Å². The molecule has 4 nitrogen and oxygen atoms in total. The molecule has 16 heavy (non-hydrogen) atoms. The lowest BCUT2D eigenvalue weighted by Gasteiger charge is -2.44. The van der Waals surface area contributed by atoms with Crippen LogP contribution in [0.4, 0.5) is 4.79 Å². The Bertz CT molecular complexity index is 231. The average Bonchev–Trinajstić information content (AvgIpc) is 2.30. The van der Waals surface area contributed by atoms with Crippen LogP contribution in [0, 0.1) is 5.41 Å². The van der Waals surface area contributed by atoms with Gasteiger partial charge in [-0.1, -0.05) is 0 Å². The number of carbonyl (C=O) groups excluding carboxylic acids is 1. The van der Waals surface area contributed by atoms with Crippen molar-refractivity contribution in [1.82, 2.24) is 15.5 Å². The van der Waals surface area contributed by atoms with Gasteiger partial charge in [-0.25, -0.2) is 4.79 Å². The van der Waals surface area contributed by atoms with Crippen molar-refractivity contribution in [3.8, 4) is 0 Å². The summed E-state index contributed by atoms with van der Waals surface area (Å²) in [6.07, 6.45) is 4.94. The van der Waals surface area contributed by atoms with E-state index >= 15 is 0 Å². The van der Waals surface area contributed by atoms with E-state index in [4.69, 9.17) is 0 Å². The first-order valence-corrected chi connectivity index (χ1v) is 5.93. The summed E-state index contributed by atoms with van der Waals surface area (Å²) in [7, 11) is 1.71. The molecular formula is C11H22ClN3O. The molecular weight excluding hydrogens is 226 g/mol. The number of hydrogen-bond donors (Lipinski definition) is 2. The predicted molar refractivity (Wildman–Crippen MR) is 67.0 cm³/mol. The number of rotatable bonds is 0. The first kappa shape index (κ1) is 13.6. The molecule has 2 aliphatic rings. The van der Waals surface area contributed by atoms with Crippen molar-refractivity contribution < 1.29 is 4.79 Å². The van der Waals surface area contributed by atoms with E-state index in [1.807, 2.05) is 4.90 Å². The zero-order chi connectivity index (χ0) is 10.7. The molecule has 0 bridgehead atoms. The summed E-state index contributed by atoms with van der Waals surface area (Å²) in [5, 5.41) is 6.11. The summed E-state index contributed by atoms with van der Waals surface area (Å²) in [4.78, 5) is 13.4. The molecule has 2 amide bonds. The highest BCUT2D eigenvalue weighted by Gasteiger charge is 2.36. The van der Waals surface area contributed by atoms with Gasteiger partial charge in [0.15, 0.2) is 0 Å². The van der Waals surface area contributed by atoms with Gasteiger partial charge in [0.1, 0.15) is 0 Å². The van der Waals surface area contributed by atoms with Crippen LogP contribution in [0.25, 0.3) is 0 Å². The summed E-state index contributed by atoms with van der Waals surface area (Å²) in [6, 6.07) is 0.0822. The van der Waals surface area contributed by atoms with Gasteiger partial charge in [0.25, 0.3) is 0 Å². The van der Waals surface area contributed by atoms with Crippen molar-refractivity contribution in [2.75, 3.05) is 33.2 Å². The van der Waals surface area contributed by atoms with Gasteiger partial charge in [0.2, 0.25) is 0 Å². The minimum Gasteiger partial charge on any atom is -0.341 e. The van der Waals surface area contributed by atoms with Gasteiger partial charge in [0.05, 0.1) is 0 Å². The molecule has 2 fully saturated rings. The molecule has 2 saturated heterocycles. The van der Waals surface area contributed by atoms with Crippen LogP contribution in [0.3, 0.4) is 0 Å². The van der Waals surface area contributed by atoms with Crippen LogP contribution in [0.15, 0.2) is 0 Å². The largest absolute Gasteiger partial charge is 0.341 e. The Kier molecular flexibility index (Phi) is 4.87. The van der Waals surface area contributed by atoms with Crippen LogP contribution in [-0.2, 0) is 0 Å². The Balaban J connectivity index is 0.00000128. The minimum absolute atomic E-state index is 0. The molecule has 0 aromatic rings. The number of likely N-dealkylation sites (tertiary alicyclic amines) is 1. The highest BCUT2D eigenvalue weighted by Crippen LogP contribution is 2.39. The number of piperidine rings is 2. The van der Waals surface area contributed by atoms with Crippen molar-refractivity contribution in [2.24, 2.45) is 5.41 Å². The van der Waals surface area contributed by atoms with E-state index in [9.17, 15) is 4.79 Å². The molecule has 0 radical (unpaired) electrons. The number of halogens is 1. The maximum Gasteiger partial charge on any atom is 0.317 e. The number of urea groups is 1. The molecule has 2 aliphatic heterocycles. The molecule has 0 aliphatic carbocycles. The van der Waals surface area contributed by atoms with Gasteiger partial charge in [-0.05, 0) is 44.2 Å². The van der Waals surface area contributed by atoms with Crippen molar-refractivity contribution in [3.05, 3.63) is 0 Å². The number of carbonyl (C=O) groups is 1. The number of amides is 2. The van der Waals surface area contributed by atoms with E-state index in [1.165, 1.54) is 25.7 Å². The van der Waals surface area contributed by atoms with Crippen LogP contribution < -0.4 is 10.6 Å². The van der Waals surface area contributed by atoms with Crippen LogP contribution >= 0.6 is 12.4 Å². The summed E-state index contributed by atoms with van der Waals surface area (Å²) in [5.41, 5.74) is 0.537. The molecule has 2 heterocycles. The summed E-state index contributed by atoms with van der Waals surface area (Å²) >= 11 is 0. The zero-order valence-corrected chi connectivity index (χ0v) is 10.7. The summed E-state index contributed by atoms with van der Waals surface area (Å²) in [6.45, 7) is 4.17. The molecule has 0 unspecified atom stereocenters. The van der Waals surface area contributed by atoms with E-state index in [-0.39, 0.29) is 18.4 Å². The van der Waals surface area contributed by atoms with Gasteiger partial charge in [-0.3, -0.25) is 0 Å². The predicted octanol–water partition coefficient (Wildman–Crippen LogP) is 1.21. The monoisotopic (exact) mass is 247 g/mol. The molecule has 1 spiro atoms. The smallest absolute Gasteiger partial charge is 0.317 e. The van der Waals surface area contributed by atoms with Crippen LogP contribution in [0.2, 0.25) is 0 Å². The minimum atomic E-state index is 0. The summed E-state index contributed by atoms with van der Waals surface area (Å²) in [5.74, 6) is 0. The molecule has 94 valence electrons. The molecule has 5 heteroatoms. The number of nitrogens with one attached hydrogen (secondary N) is 2. The Morgan fingerprint density at radius 3 is 2.25 bits per heavy atom. The Morgan fingerprint density at radius 2 is 1.75 bits per heavy atom. The standard InChI is InChI=1S/C11H21N3O.ClH/c1-12-10(15)14-8-4-11(5-9-14)2-6-13-7-3-11;/h13H,2-9H2,1H3,(H,12,15);1H. The van der Waals surface area contributed by atoms with Gasteiger partial charge in [-0.15, -0.1) is 12.4 Å². The zero-order valence-electron chi connectivity index (χ0n) is 9.92. The molecule has 0 saturated carbocycles. The highest BCUT2D eigenvalue weighted by atomic mass is 35.5. The van der Waals surface area contributed by atoms with Crippen LogP contribution in [-0.4, -0.2) is 44.2 Å². The van der Waals surface area contributed by atoms with E-state index in [0.717, 1.165) is 26.2 Å². The fourth-order valence-electron chi connectivity index (χ4n) is 2.80. The normalized spacial score (nSPS) is 23.7. The Hall–Kier alpha value is -0.480. The van der Waals surface area contributed by atoms with E-state index in [0.29, 0.717) is 5.41 Å². The molecule has 0 atom stereocenters. The topological polar surface area (TPSA) is 44.4 Å². The van der Waals surface area contributed by atoms with Crippen LogP contribution in [0.1, 0.15) is 25.7 Å². The Labute approximate surface area is 104 Å². The van der Waals surface area contributed by atoms with Gasteiger partial charge in [-0.2, -0.15) is 0 Å². The maximum atomic E-state index is 11.4. The average molecular weight is 248 g/mol. The fraction of sp³-hybridized carbons (Fsp3) is 0.909. The second-order valence-corrected chi connectivity index (χ2v) is 4.79. The van der Waals surface area contributed by atoms with Gasteiger partial charge in [0, 0.05) is 20.1 Å². The van der Waals surface area contributed by atoms with E-state index in [2.05, 4.69) is 10.6 Å². The third kappa shape index (κ3) is 2.80. The lowest BCUT2D eigenvalue weighted by molar-refractivity contribution is 0.0881. The quantitative estimate of drug-likeness (QED) is 0.676. The molecule has 2 N–H and O–H groups in total. The number of hydrogen-bond acceptors (Lipinski definition) is 2. The lowest BCUT2D eigenvalue weighted by Crippen LogP contribution is -2.49. The first-order valence-electron chi connectivity index (χ1n) is 5.93. The van der Waals surface area contributed by atoms with E-state index in [1.54, 1.807) is 7.05 Å². The third-order valence-electron chi connectivity index (χ3n) is 3.99. The lowest BCUT2D eigenvalue weighted by atomic mass is 9.72. The van der Waals surface area contributed by atoms with Crippen LogP contribution in [0.5, 0.6) is 0 Å². The van der Waals surface area contributed by atoms with Gasteiger partial charge < -0.3 is 15.5 Å². The second kappa shape index (κ2) is 5.73. The van der Waals surface area contributed by atoms with Crippen molar-refractivity contribution in [1.29, 1.82) is 0 Å². The maximum absolute atomic E-state index is 11.4. The van der Waals surface area contributed by atoms with Crippen molar-refractivity contribution in [3.63, 3.8) is 0 Å². The Morgan fingerprint density at radius 1 is 1.19 bits per heavy atom.